The van der Waals surface area contributed by atoms with Gasteiger partial charge in [0.05, 0.1) is 4.90 Å². The van der Waals surface area contributed by atoms with Crippen LogP contribution in [0.4, 0.5) is 5.69 Å². The van der Waals surface area contributed by atoms with Gasteiger partial charge in [-0.25, -0.2) is 8.42 Å². The van der Waals surface area contributed by atoms with Gasteiger partial charge in [-0.15, -0.1) is 0 Å². The Bertz CT molecular complexity index is 866. The van der Waals surface area contributed by atoms with Gasteiger partial charge in [-0.05, 0) is 36.4 Å². The highest BCUT2D eigenvalue weighted by Crippen LogP contribution is 2.13. The second kappa shape index (κ2) is 9.70. The van der Waals surface area contributed by atoms with E-state index in [9.17, 15) is 18.0 Å². The summed E-state index contributed by atoms with van der Waals surface area (Å²) in [5.41, 5.74) is 0.472. The summed E-state index contributed by atoms with van der Waals surface area (Å²) in [5.74, 6) is -0.329. The molecule has 0 aromatic heterocycles. The Labute approximate surface area is 157 Å². The van der Waals surface area contributed by atoms with Gasteiger partial charge in [0.1, 0.15) is 25.5 Å². The molecule has 0 fully saturated rings. The molecular weight excluding hydrogens is 372 g/mol. The van der Waals surface area contributed by atoms with Crippen molar-refractivity contribution in [2.24, 2.45) is 0 Å². The third-order valence-corrected chi connectivity index (χ3v) is 4.67. The molecule has 0 radical (unpaired) electrons. The predicted molar refractivity (Wildman–Crippen MR) is 98.8 cm³/mol. The first kappa shape index (κ1) is 20.4. The number of nitrogens with one attached hydrogen (secondary N) is 2. The Morgan fingerprint density at radius 2 is 1.63 bits per heavy atom. The number of hydrogen-bond donors (Lipinski definition) is 2. The Kier molecular flexibility index (Phi) is 7.33. The van der Waals surface area contributed by atoms with E-state index in [2.05, 4.69) is 10.0 Å². The number of esters is 1. The third-order valence-electron chi connectivity index (χ3n) is 3.25. The molecule has 0 saturated carbocycles. The van der Waals surface area contributed by atoms with Crippen LogP contribution in [0.15, 0.2) is 59.5 Å². The van der Waals surface area contributed by atoms with E-state index in [-0.39, 0.29) is 24.0 Å². The molecule has 2 aromatic rings. The molecule has 0 unspecified atom stereocenters. The van der Waals surface area contributed by atoms with Gasteiger partial charge in [-0.1, -0.05) is 18.2 Å². The molecule has 27 heavy (non-hydrogen) atoms. The van der Waals surface area contributed by atoms with Crippen molar-refractivity contribution in [3.8, 4) is 5.75 Å². The van der Waals surface area contributed by atoms with Crippen molar-refractivity contribution >= 4 is 27.6 Å². The van der Waals surface area contributed by atoms with Crippen LogP contribution in [0.25, 0.3) is 0 Å². The maximum Gasteiger partial charge on any atom is 0.321 e. The minimum Gasteiger partial charge on any atom is -0.490 e. The quantitative estimate of drug-likeness (QED) is 0.495. The van der Waals surface area contributed by atoms with Gasteiger partial charge in [0.25, 0.3) is 0 Å². The maximum atomic E-state index is 12.2. The third kappa shape index (κ3) is 7.08. The Balaban J connectivity index is 1.75. The standard InChI is InChI=1S/C18H20N2O6S/c1-14(21)20-15-7-9-17(10-8-15)27(23,24)19-13-18(22)26-12-11-25-16-5-3-2-4-6-16/h2-10,19H,11-13H2,1H3,(H,20,21). The molecule has 2 N–H and O–H groups in total. The van der Waals surface area contributed by atoms with E-state index in [1.54, 1.807) is 12.1 Å². The van der Waals surface area contributed by atoms with E-state index in [0.717, 1.165) is 0 Å². The molecule has 1 amide bonds. The van der Waals surface area contributed by atoms with Gasteiger partial charge in [0.2, 0.25) is 15.9 Å². The lowest BCUT2D eigenvalue weighted by molar-refractivity contribution is -0.142. The average Bonchev–Trinajstić information content (AvgIpc) is 2.64. The first-order valence-electron chi connectivity index (χ1n) is 8.07. The summed E-state index contributed by atoms with van der Waals surface area (Å²) >= 11 is 0. The van der Waals surface area contributed by atoms with Crippen LogP contribution in [-0.2, 0) is 24.3 Å². The number of para-hydroxylation sites is 1. The SMILES string of the molecule is CC(=O)Nc1ccc(S(=O)(=O)NCC(=O)OCCOc2ccccc2)cc1. The lowest BCUT2D eigenvalue weighted by Crippen LogP contribution is -2.31. The summed E-state index contributed by atoms with van der Waals surface area (Å²) in [6, 6.07) is 14.6. The number of carbonyl (C=O) groups excluding carboxylic acids is 2. The first-order chi connectivity index (χ1) is 12.9. The minimum absolute atomic E-state index is 0.000861. The van der Waals surface area contributed by atoms with Crippen molar-refractivity contribution in [1.82, 2.24) is 4.72 Å². The number of hydrogen-bond acceptors (Lipinski definition) is 6. The summed E-state index contributed by atoms with van der Waals surface area (Å²) in [4.78, 5) is 22.6. The fourth-order valence-electron chi connectivity index (χ4n) is 2.04. The van der Waals surface area contributed by atoms with E-state index >= 15 is 0 Å². The molecule has 0 atom stereocenters. The number of ether oxygens (including phenoxy) is 2. The summed E-state index contributed by atoms with van der Waals surface area (Å²) < 4.78 is 36.8. The normalized spacial score (nSPS) is 10.9. The Morgan fingerprint density at radius 3 is 2.26 bits per heavy atom. The topological polar surface area (TPSA) is 111 Å². The fourth-order valence-corrected chi connectivity index (χ4v) is 3.01. The molecule has 2 rings (SSSR count). The highest BCUT2D eigenvalue weighted by Gasteiger charge is 2.16. The van der Waals surface area contributed by atoms with Crippen molar-refractivity contribution in [2.75, 3.05) is 25.1 Å². The van der Waals surface area contributed by atoms with Crippen LogP contribution in [0.1, 0.15) is 6.92 Å². The van der Waals surface area contributed by atoms with Crippen molar-refractivity contribution in [1.29, 1.82) is 0 Å². The average molecular weight is 392 g/mol. The molecule has 144 valence electrons. The number of anilines is 1. The Morgan fingerprint density at radius 1 is 0.963 bits per heavy atom. The molecular formula is C18H20N2O6S. The van der Waals surface area contributed by atoms with E-state index in [1.807, 2.05) is 18.2 Å². The second-order valence-electron chi connectivity index (χ2n) is 5.41. The molecule has 8 nitrogen and oxygen atoms in total. The van der Waals surface area contributed by atoms with Crippen LogP contribution < -0.4 is 14.8 Å². The highest BCUT2D eigenvalue weighted by molar-refractivity contribution is 7.89. The molecule has 0 aliphatic heterocycles. The van der Waals surface area contributed by atoms with Crippen LogP contribution in [0.3, 0.4) is 0 Å². The fraction of sp³-hybridized carbons (Fsp3) is 0.222. The minimum atomic E-state index is -3.87. The largest absolute Gasteiger partial charge is 0.490 e. The van der Waals surface area contributed by atoms with Crippen LogP contribution in [0.2, 0.25) is 0 Å². The monoisotopic (exact) mass is 392 g/mol. The summed E-state index contributed by atoms with van der Waals surface area (Å²) in [7, 11) is -3.87. The smallest absolute Gasteiger partial charge is 0.321 e. The van der Waals surface area contributed by atoms with Crippen LogP contribution >= 0.6 is 0 Å². The molecule has 0 heterocycles. The molecule has 9 heteroatoms. The number of sulfonamides is 1. The number of rotatable bonds is 9. The summed E-state index contributed by atoms with van der Waals surface area (Å²) in [6.45, 7) is 1.01. The number of amides is 1. The van der Waals surface area contributed by atoms with Gasteiger partial charge >= 0.3 is 5.97 Å². The zero-order valence-electron chi connectivity index (χ0n) is 14.7. The van der Waals surface area contributed by atoms with Gasteiger partial charge in [-0.3, -0.25) is 9.59 Å². The second-order valence-corrected chi connectivity index (χ2v) is 7.18. The lowest BCUT2D eigenvalue weighted by Gasteiger charge is -2.09. The van der Waals surface area contributed by atoms with E-state index in [1.165, 1.54) is 31.2 Å². The molecule has 2 aromatic carbocycles. The van der Waals surface area contributed by atoms with Gasteiger partial charge in [0.15, 0.2) is 0 Å². The zero-order chi connectivity index (χ0) is 19.7. The van der Waals surface area contributed by atoms with Crippen LogP contribution in [0.5, 0.6) is 5.75 Å². The van der Waals surface area contributed by atoms with Gasteiger partial charge in [-0.2, -0.15) is 4.72 Å². The molecule has 0 aliphatic carbocycles. The lowest BCUT2D eigenvalue weighted by atomic mass is 10.3. The van der Waals surface area contributed by atoms with E-state index in [4.69, 9.17) is 9.47 Å². The van der Waals surface area contributed by atoms with Crippen LogP contribution in [0, 0.1) is 0 Å². The molecule has 0 saturated heterocycles. The van der Waals surface area contributed by atoms with Crippen molar-refractivity contribution < 1.29 is 27.5 Å². The predicted octanol–water partition coefficient (Wildman–Crippen LogP) is 1.55. The van der Waals surface area contributed by atoms with E-state index in [0.29, 0.717) is 11.4 Å². The zero-order valence-corrected chi connectivity index (χ0v) is 15.5. The molecule has 0 spiro atoms. The van der Waals surface area contributed by atoms with E-state index < -0.39 is 22.5 Å². The number of benzene rings is 2. The van der Waals surface area contributed by atoms with Gasteiger partial charge < -0.3 is 14.8 Å². The van der Waals surface area contributed by atoms with Crippen molar-refractivity contribution in [3.05, 3.63) is 54.6 Å². The maximum absolute atomic E-state index is 12.2. The van der Waals surface area contributed by atoms with Crippen LogP contribution in [-0.4, -0.2) is 40.1 Å². The molecule has 0 aliphatic rings. The van der Waals surface area contributed by atoms with Crippen molar-refractivity contribution in [3.63, 3.8) is 0 Å². The van der Waals surface area contributed by atoms with Gasteiger partial charge in [0, 0.05) is 12.6 Å². The Hall–Kier alpha value is -2.91. The molecule has 0 bridgehead atoms. The summed E-state index contributed by atoms with van der Waals surface area (Å²) in [5, 5.41) is 2.53. The number of carbonyl (C=O) groups is 2. The highest BCUT2D eigenvalue weighted by atomic mass is 32.2. The summed E-state index contributed by atoms with van der Waals surface area (Å²) in [6.07, 6.45) is 0. The first-order valence-corrected chi connectivity index (χ1v) is 9.56. The van der Waals surface area contributed by atoms with Crippen molar-refractivity contribution in [2.45, 2.75) is 11.8 Å².